The molecular formula is C19H26N2OS. The van der Waals surface area contributed by atoms with Gasteiger partial charge >= 0.3 is 0 Å². The molecular weight excluding hydrogens is 304 g/mol. The molecule has 1 saturated heterocycles. The Kier molecular flexibility index (Phi) is 5.36. The number of piperidine rings is 1. The molecule has 2 N–H and O–H groups in total. The van der Waals surface area contributed by atoms with E-state index in [1.165, 1.54) is 21.0 Å². The average molecular weight is 330 g/mol. The van der Waals surface area contributed by atoms with Gasteiger partial charge < -0.3 is 15.3 Å². The molecule has 3 nitrogen and oxygen atoms in total. The summed E-state index contributed by atoms with van der Waals surface area (Å²) >= 11 is 1.86. The normalized spacial score (nSPS) is 17.4. The van der Waals surface area contributed by atoms with Crippen molar-refractivity contribution in [3.8, 4) is 0 Å². The molecule has 0 amide bonds. The largest absolute Gasteiger partial charge is 0.393 e. The van der Waals surface area contributed by atoms with Crippen molar-refractivity contribution in [1.29, 1.82) is 0 Å². The summed E-state index contributed by atoms with van der Waals surface area (Å²) in [6.07, 6.45) is 1.63. The van der Waals surface area contributed by atoms with Crippen LogP contribution in [0.25, 0.3) is 0 Å². The lowest BCUT2D eigenvalue weighted by atomic mass is 10.0. The van der Waals surface area contributed by atoms with Crippen LogP contribution in [0.2, 0.25) is 0 Å². The van der Waals surface area contributed by atoms with Crippen molar-refractivity contribution in [1.82, 2.24) is 5.32 Å². The molecule has 23 heavy (non-hydrogen) atoms. The summed E-state index contributed by atoms with van der Waals surface area (Å²) in [5.41, 5.74) is 2.58. The van der Waals surface area contributed by atoms with Gasteiger partial charge in [-0.1, -0.05) is 12.1 Å². The Bertz CT molecular complexity index is 615. The van der Waals surface area contributed by atoms with Crippen LogP contribution in [0.4, 0.5) is 5.69 Å². The van der Waals surface area contributed by atoms with E-state index in [1.807, 2.05) is 11.3 Å². The molecule has 1 fully saturated rings. The van der Waals surface area contributed by atoms with Gasteiger partial charge in [0, 0.05) is 41.1 Å². The highest BCUT2D eigenvalue weighted by Crippen LogP contribution is 2.23. The monoisotopic (exact) mass is 330 g/mol. The zero-order chi connectivity index (χ0) is 16.2. The minimum Gasteiger partial charge on any atom is -0.393 e. The van der Waals surface area contributed by atoms with Crippen LogP contribution in [0.1, 0.15) is 41.1 Å². The topological polar surface area (TPSA) is 35.5 Å². The third kappa shape index (κ3) is 4.34. The fourth-order valence-electron chi connectivity index (χ4n) is 3.05. The van der Waals surface area contributed by atoms with E-state index in [0.717, 1.165) is 32.5 Å². The van der Waals surface area contributed by atoms with Crippen molar-refractivity contribution in [2.75, 3.05) is 18.0 Å². The molecule has 1 aromatic carbocycles. The van der Waals surface area contributed by atoms with Gasteiger partial charge in [0.1, 0.15) is 0 Å². The van der Waals surface area contributed by atoms with Gasteiger partial charge in [0.25, 0.3) is 0 Å². The first-order chi connectivity index (χ1) is 11.1. The second-order valence-corrected chi connectivity index (χ2v) is 7.80. The Morgan fingerprint density at radius 1 is 1.17 bits per heavy atom. The first-order valence-electron chi connectivity index (χ1n) is 8.43. The molecule has 0 aliphatic carbocycles. The molecule has 1 aliphatic heterocycles. The fourth-order valence-corrected chi connectivity index (χ4v) is 3.89. The number of nitrogens with zero attached hydrogens (tertiary/aromatic N) is 1. The van der Waals surface area contributed by atoms with E-state index < -0.39 is 0 Å². The molecule has 0 unspecified atom stereocenters. The second kappa shape index (κ2) is 7.47. The number of benzene rings is 1. The van der Waals surface area contributed by atoms with Crippen LogP contribution in [-0.4, -0.2) is 24.3 Å². The summed E-state index contributed by atoms with van der Waals surface area (Å²) < 4.78 is 0. The Labute approximate surface area is 143 Å². The highest BCUT2D eigenvalue weighted by atomic mass is 32.1. The van der Waals surface area contributed by atoms with E-state index in [9.17, 15) is 5.11 Å². The third-order valence-corrected chi connectivity index (χ3v) is 5.60. The fraction of sp³-hybridized carbons (Fsp3) is 0.474. The van der Waals surface area contributed by atoms with Crippen LogP contribution in [0.5, 0.6) is 0 Å². The maximum absolute atomic E-state index is 9.61. The Morgan fingerprint density at radius 3 is 2.48 bits per heavy atom. The molecule has 0 bridgehead atoms. The molecule has 1 aliphatic rings. The number of hydrogen-bond acceptors (Lipinski definition) is 4. The van der Waals surface area contributed by atoms with Gasteiger partial charge in [-0.25, -0.2) is 0 Å². The van der Waals surface area contributed by atoms with E-state index in [-0.39, 0.29) is 6.10 Å². The SMILES string of the molecule is Cc1ccc(CN[C@@H](C)c2ccc(N3CCC(O)CC3)cc2)s1. The lowest BCUT2D eigenvalue weighted by Crippen LogP contribution is -2.35. The maximum Gasteiger partial charge on any atom is 0.0574 e. The van der Waals surface area contributed by atoms with E-state index in [1.54, 1.807) is 0 Å². The molecule has 124 valence electrons. The van der Waals surface area contributed by atoms with Crippen molar-refractivity contribution in [2.24, 2.45) is 0 Å². The lowest BCUT2D eigenvalue weighted by molar-refractivity contribution is 0.145. The smallest absolute Gasteiger partial charge is 0.0574 e. The molecule has 1 aromatic heterocycles. The number of thiophene rings is 1. The van der Waals surface area contributed by atoms with Crippen molar-refractivity contribution < 1.29 is 5.11 Å². The molecule has 2 heterocycles. The van der Waals surface area contributed by atoms with Crippen LogP contribution >= 0.6 is 11.3 Å². The van der Waals surface area contributed by atoms with Gasteiger partial charge in [0.05, 0.1) is 6.10 Å². The summed E-state index contributed by atoms with van der Waals surface area (Å²) in [5, 5.41) is 13.2. The minimum absolute atomic E-state index is 0.115. The molecule has 2 aromatic rings. The van der Waals surface area contributed by atoms with E-state index in [4.69, 9.17) is 0 Å². The third-order valence-electron chi connectivity index (χ3n) is 4.60. The molecule has 1 atom stereocenters. The van der Waals surface area contributed by atoms with E-state index >= 15 is 0 Å². The molecule has 0 saturated carbocycles. The van der Waals surface area contributed by atoms with Crippen LogP contribution < -0.4 is 10.2 Å². The number of anilines is 1. The van der Waals surface area contributed by atoms with Crippen molar-refractivity contribution in [3.05, 3.63) is 51.7 Å². The van der Waals surface area contributed by atoms with E-state index in [2.05, 4.69) is 60.5 Å². The molecule has 0 spiro atoms. The summed E-state index contributed by atoms with van der Waals surface area (Å²) in [6.45, 7) is 7.19. The summed E-state index contributed by atoms with van der Waals surface area (Å²) in [5.74, 6) is 0. The standard InChI is InChI=1S/C19H26N2OS/c1-14-3-8-19(23-14)13-20-15(2)16-4-6-17(7-5-16)21-11-9-18(22)10-12-21/h3-8,15,18,20,22H,9-13H2,1-2H3/t15-/m0/s1. The first kappa shape index (κ1) is 16.5. The van der Waals surface area contributed by atoms with Gasteiger partial charge in [-0.3, -0.25) is 0 Å². The number of aliphatic hydroxyl groups excluding tert-OH is 1. The van der Waals surface area contributed by atoms with Crippen LogP contribution in [0.3, 0.4) is 0 Å². The van der Waals surface area contributed by atoms with Crippen molar-refractivity contribution in [3.63, 3.8) is 0 Å². The second-order valence-electron chi connectivity index (χ2n) is 6.42. The minimum atomic E-state index is -0.115. The predicted molar refractivity (Wildman–Crippen MR) is 98.2 cm³/mol. The molecule has 4 heteroatoms. The summed E-state index contributed by atoms with van der Waals surface area (Å²) in [4.78, 5) is 5.12. The number of aliphatic hydroxyl groups is 1. The number of hydrogen-bond donors (Lipinski definition) is 2. The zero-order valence-corrected chi connectivity index (χ0v) is 14.8. The number of aryl methyl sites for hydroxylation is 1. The Morgan fingerprint density at radius 2 is 1.87 bits per heavy atom. The van der Waals surface area contributed by atoms with Crippen LogP contribution in [0.15, 0.2) is 36.4 Å². The number of rotatable bonds is 5. The highest BCUT2D eigenvalue weighted by Gasteiger charge is 2.17. The zero-order valence-electron chi connectivity index (χ0n) is 14.0. The van der Waals surface area contributed by atoms with Crippen LogP contribution in [0, 0.1) is 6.92 Å². The van der Waals surface area contributed by atoms with Gasteiger partial charge in [0.2, 0.25) is 0 Å². The quantitative estimate of drug-likeness (QED) is 0.873. The summed E-state index contributed by atoms with van der Waals surface area (Å²) in [7, 11) is 0. The molecule has 3 rings (SSSR count). The highest BCUT2D eigenvalue weighted by molar-refractivity contribution is 7.11. The average Bonchev–Trinajstić information content (AvgIpc) is 2.99. The van der Waals surface area contributed by atoms with Crippen molar-refractivity contribution in [2.45, 2.75) is 45.4 Å². The van der Waals surface area contributed by atoms with Gasteiger partial charge in [-0.05, 0) is 56.5 Å². The number of nitrogens with one attached hydrogen (secondary N) is 1. The van der Waals surface area contributed by atoms with Gasteiger partial charge in [0.15, 0.2) is 0 Å². The van der Waals surface area contributed by atoms with E-state index in [0.29, 0.717) is 6.04 Å². The Balaban J connectivity index is 1.55. The van der Waals surface area contributed by atoms with Gasteiger partial charge in [-0.15, -0.1) is 11.3 Å². The summed E-state index contributed by atoms with van der Waals surface area (Å²) in [6, 6.07) is 13.6. The van der Waals surface area contributed by atoms with Crippen molar-refractivity contribution >= 4 is 17.0 Å². The first-order valence-corrected chi connectivity index (χ1v) is 9.25. The maximum atomic E-state index is 9.61. The molecule has 0 radical (unpaired) electrons. The van der Waals surface area contributed by atoms with Gasteiger partial charge in [-0.2, -0.15) is 0 Å². The van der Waals surface area contributed by atoms with Crippen LogP contribution in [-0.2, 0) is 6.54 Å². The predicted octanol–water partition coefficient (Wildman–Crippen LogP) is 3.87. The Hall–Kier alpha value is -1.36. The lowest BCUT2D eigenvalue weighted by Gasteiger charge is -2.31.